The zero-order chi connectivity index (χ0) is 15.1. The molecule has 0 radical (unpaired) electrons. The number of methoxy groups -OCH3 is 1. The number of rotatable bonds is 9. The van der Waals surface area contributed by atoms with Crippen molar-refractivity contribution in [3.63, 3.8) is 0 Å². The molecule has 19 heavy (non-hydrogen) atoms. The summed E-state index contributed by atoms with van der Waals surface area (Å²) in [5, 5.41) is 0. The first-order chi connectivity index (χ1) is 8.69. The minimum absolute atomic E-state index is 0.0499. The molecule has 0 spiro atoms. The monoisotopic (exact) mass is 294 g/mol. The van der Waals surface area contributed by atoms with Gasteiger partial charge in [0.05, 0.1) is 13.5 Å². The molecule has 0 aliphatic rings. The lowest BCUT2D eigenvalue weighted by molar-refractivity contribution is -0.140. The van der Waals surface area contributed by atoms with E-state index in [4.69, 9.17) is 0 Å². The summed E-state index contributed by atoms with van der Waals surface area (Å²) >= 11 is 0. The van der Waals surface area contributed by atoms with Crippen molar-refractivity contribution >= 4 is 16.2 Å². The molecule has 1 N–H and O–H groups in total. The van der Waals surface area contributed by atoms with Crippen LogP contribution in [0.2, 0.25) is 0 Å². The molecule has 0 saturated heterocycles. The van der Waals surface area contributed by atoms with Crippen molar-refractivity contribution < 1.29 is 17.9 Å². The normalized spacial score (nSPS) is 13.8. The minimum Gasteiger partial charge on any atom is -0.469 e. The molecule has 6 nitrogen and oxygen atoms in total. The number of ether oxygens (including phenoxy) is 1. The zero-order valence-electron chi connectivity index (χ0n) is 12.5. The Bertz CT molecular complexity index is 368. The van der Waals surface area contributed by atoms with Gasteiger partial charge < -0.3 is 4.74 Å². The van der Waals surface area contributed by atoms with Gasteiger partial charge in [0, 0.05) is 19.6 Å². The second-order valence-electron chi connectivity index (χ2n) is 5.14. The number of hydrogen-bond acceptors (Lipinski definition) is 4. The SMILES string of the molecule is COC(=O)CCN(C)S(=O)(=O)NC(C)CCC(C)C. The van der Waals surface area contributed by atoms with Crippen molar-refractivity contribution in [2.75, 3.05) is 20.7 Å². The third-order valence-electron chi connectivity index (χ3n) is 2.80. The lowest BCUT2D eigenvalue weighted by Crippen LogP contribution is -2.43. The van der Waals surface area contributed by atoms with Crippen LogP contribution in [0, 0.1) is 5.92 Å². The number of carbonyl (C=O) groups is 1. The Hall–Kier alpha value is -0.660. The molecule has 0 fully saturated rings. The summed E-state index contributed by atoms with van der Waals surface area (Å²) in [5.41, 5.74) is 0. The van der Waals surface area contributed by atoms with Crippen LogP contribution < -0.4 is 4.72 Å². The fourth-order valence-corrected chi connectivity index (χ4v) is 2.60. The van der Waals surface area contributed by atoms with E-state index in [0.29, 0.717) is 5.92 Å². The maximum atomic E-state index is 11.9. The number of esters is 1. The molecule has 0 rings (SSSR count). The summed E-state index contributed by atoms with van der Waals surface area (Å²) in [6, 6.07) is -0.118. The number of nitrogens with one attached hydrogen (secondary N) is 1. The average molecular weight is 294 g/mol. The standard InChI is InChI=1S/C12H26N2O4S/c1-10(2)6-7-11(3)13-19(16,17)14(4)9-8-12(15)18-5/h10-11,13H,6-9H2,1-5H3. The van der Waals surface area contributed by atoms with E-state index in [-0.39, 0.29) is 19.0 Å². The van der Waals surface area contributed by atoms with Crippen LogP contribution in [0.25, 0.3) is 0 Å². The minimum atomic E-state index is -3.54. The number of hydrogen-bond donors (Lipinski definition) is 1. The van der Waals surface area contributed by atoms with Crippen molar-refractivity contribution in [1.29, 1.82) is 0 Å². The van der Waals surface area contributed by atoms with Crippen LogP contribution in [-0.4, -0.2) is 45.4 Å². The first-order valence-electron chi connectivity index (χ1n) is 6.49. The van der Waals surface area contributed by atoms with Gasteiger partial charge in [-0.05, 0) is 25.7 Å². The largest absolute Gasteiger partial charge is 0.469 e. The molecule has 114 valence electrons. The molecule has 1 atom stereocenters. The van der Waals surface area contributed by atoms with Crippen LogP contribution in [-0.2, 0) is 19.7 Å². The Morgan fingerprint density at radius 3 is 2.32 bits per heavy atom. The van der Waals surface area contributed by atoms with E-state index in [1.54, 1.807) is 0 Å². The summed E-state index contributed by atoms with van der Waals surface area (Å²) in [7, 11) is -0.810. The Morgan fingerprint density at radius 1 is 1.26 bits per heavy atom. The lowest BCUT2D eigenvalue weighted by atomic mass is 10.1. The summed E-state index contributed by atoms with van der Waals surface area (Å²) in [4.78, 5) is 11.0. The fraction of sp³-hybridized carbons (Fsp3) is 0.917. The van der Waals surface area contributed by atoms with E-state index < -0.39 is 16.2 Å². The van der Waals surface area contributed by atoms with Gasteiger partial charge in [0.2, 0.25) is 0 Å². The second kappa shape index (κ2) is 8.50. The van der Waals surface area contributed by atoms with Gasteiger partial charge in [-0.25, -0.2) is 0 Å². The van der Waals surface area contributed by atoms with Gasteiger partial charge in [-0.1, -0.05) is 13.8 Å². The van der Waals surface area contributed by atoms with E-state index in [1.807, 2.05) is 6.92 Å². The van der Waals surface area contributed by atoms with E-state index in [1.165, 1.54) is 14.2 Å². The fourth-order valence-electron chi connectivity index (χ4n) is 1.46. The highest BCUT2D eigenvalue weighted by Gasteiger charge is 2.20. The molecule has 0 aliphatic carbocycles. The maximum Gasteiger partial charge on any atom is 0.306 e. The Labute approximate surface area is 116 Å². The van der Waals surface area contributed by atoms with Gasteiger partial charge in [0.1, 0.15) is 0 Å². The Morgan fingerprint density at radius 2 is 1.84 bits per heavy atom. The van der Waals surface area contributed by atoms with Crippen molar-refractivity contribution in [3.05, 3.63) is 0 Å². The van der Waals surface area contributed by atoms with E-state index in [0.717, 1.165) is 17.1 Å². The van der Waals surface area contributed by atoms with Crippen LogP contribution in [0.3, 0.4) is 0 Å². The molecule has 0 heterocycles. The van der Waals surface area contributed by atoms with Crippen molar-refractivity contribution in [2.45, 2.75) is 46.1 Å². The third kappa shape index (κ3) is 8.18. The van der Waals surface area contributed by atoms with Crippen LogP contribution >= 0.6 is 0 Å². The lowest BCUT2D eigenvalue weighted by Gasteiger charge is -2.21. The number of carbonyl (C=O) groups excluding carboxylic acids is 1. The molecule has 7 heteroatoms. The molecule has 0 bridgehead atoms. The highest BCUT2D eigenvalue weighted by Crippen LogP contribution is 2.08. The Balaban J connectivity index is 4.25. The highest BCUT2D eigenvalue weighted by molar-refractivity contribution is 7.87. The van der Waals surface area contributed by atoms with E-state index >= 15 is 0 Å². The zero-order valence-corrected chi connectivity index (χ0v) is 13.3. The molecule has 0 amide bonds. The quantitative estimate of drug-likeness (QED) is 0.647. The number of nitrogens with zero attached hydrogens (tertiary/aromatic N) is 1. The summed E-state index contributed by atoms with van der Waals surface area (Å²) in [6.07, 6.45) is 1.81. The second-order valence-corrected chi connectivity index (χ2v) is 6.95. The molecular formula is C12H26N2O4S. The highest BCUT2D eigenvalue weighted by atomic mass is 32.2. The smallest absolute Gasteiger partial charge is 0.306 e. The van der Waals surface area contributed by atoms with Crippen molar-refractivity contribution in [1.82, 2.24) is 9.03 Å². The van der Waals surface area contributed by atoms with Gasteiger partial charge in [0.15, 0.2) is 0 Å². The predicted molar refractivity (Wildman–Crippen MR) is 74.9 cm³/mol. The van der Waals surface area contributed by atoms with Crippen molar-refractivity contribution in [2.24, 2.45) is 5.92 Å². The maximum absolute atomic E-state index is 11.9. The average Bonchev–Trinajstić information content (AvgIpc) is 2.32. The first-order valence-corrected chi connectivity index (χ1v) is 7.93. The summed E-state index contributed by atoms with van der Waals surface area (Å²) in [6.45, 7) is 6.15. The first kappa shape index (κ1) is 18.3. The topological polar surface area (TPSA) is 75.7 Å². The Kier molecular flexibility index (Phi) is 8.20. The van der Waals surface area contributed by atoms with Gasteiger partial charge >= 0.3 is 5.97 Å². The molecule has 0 saturated carbocycles. The van der Waals surface area contributed by atoms with E-state index in [9.17, 15) is 13.2 Å². The van der Waals surface area contributed by atoms with E-state index in [2.05, 4.69) is 23.3 Å². The van der Waals surface area contributed by atoms with Crippen LogP contribution in [0.15, 0.2) is 0 Å². The van der Waals surface area contributed by atoms with Crippen LogP contribution in [0.4, 0.5) is 0 Å². The predicted octanol–water partition coefficient (Wildman–Crippen LogP) is 1.14. The molecular weight excluding hydrogens is 268 g/mol. The van der Waals surface area contributed by atoms with Crippen molar-refractivity contribution in [3.8, 4) is 0 Å². The van der Waals surface area contributed by atoms with Gasteiger partial charge in [-0.15, -0.1) is 0 Å². The molecule has 0 aromatic carbocycles. The summed E-state index contributed by atoms with van der Waals surface area (Å²) < 4.78 is 32.1. The van der Waals surface area contributed by atoms with Gasteiger partial charge in [-0.2, -0.15) is 17.4 Å². The summed E-state index contributed by atoms with van der Waals surface area (Å²) in [5.74, 6) is 0.124. The van der Waals surface area contributed by atoms with Gasteiger partial charge in [0.25, 0.3) is 10.2 Å². The van der Waals surface area contributed by atoms with Crippen LogP contribution in [0.5, 0.6) is 0 Å². The molecule has 0 aromatic heterocycles. The third-order valence-corrected chi connectivity index (χ3v) is 4.50. The van der Waals surface area contributed by atoms with Crippen LogP contribution in [0.1, 0.15) is 40.0 Å². The molecule has 0 aliphatic heterocycles. The van der Waals surface area contributed by atoms with Gasteiger partial charge in [-0.3, -0.25) is 4.79 Å². The molecule has 1 unspecified atom stereocenters. The molecule has 0 aromatic rings.